The number of aryl methyl sites for hydroxylation is 1. The number of rotatable bonds is 8. The van der Waals surface area contributed by atoms with Crippen molar-refractivity contribution in [3.63, 3.8) is 0 Å². The molecular formula is C27H29N3. The number of nitrogens with zero attached hydrogens (tertiary/aromatic N) is 2. The van der Waals surface area contributed by atoms with E-state index in [1.807, 2.05) is 29.1 Å². The Balaban J connectivity index is 1.80. The SMILES string of the molecule is C=C(NCCCC/C=C\C)c1ccc(-n2cccn2)c(C#Cc2cccc(C)c2)c1. The van der Waals surface area contributed by atoms with E-state index in [0.717, 1.165) is 47.5 Å². The highest BCUT2D eigenvalue weighted by molar-refractivity contribution is 5.67. The van der Waals surface area contributed by atoms with Crippen LogP contribution in [0.1, 0.15) is 48.4 Å². The van der Waals surface area contributed by atoms with Crippen LogP contribution in [0.15, 0.2) is 79.7 Å². The molecule has 0 atom stereocenters. The highest BCUT2D eigenvalue weighted by atomic mass is 15.3. The van der Waals surface area contributed by atoms with E-state index in [1.54, 1.807) is 6.20 Å². The molecule has 3 rings (SSSR count). The van der Waals surface area contributed by atoms with Crippen LogP contribution >= 0.6 is 0 Å². The molecule has 0 aliphatic heterocycles. The van der Waals surface area contributed by atoms with Crippen LogP contribution in [0.3, 0.4) is 0 Å². The summed E-state index contributed by atoms with van der Waals surface area (Å²) < 4.78 is 1.85. The zero-order chi connectivity index (χ0) is 21.2. The predicted molar refractivity (Wildman–Crippen MR) is 126 cm³/mol. The number of nitrogens with one attached hydrogen (secondary N) is 1. The van der Waals surface area contributed by atoms with Gasteiger partial charge < -0.3 is 5.32 Å². The van der Waals surface area contributed by atoms with Gasteiger partial charge in [-0.25, -0.2) is 4.68 Å². The maximum atomic E-state index is 4.38. The topological polar surface area (TPSA) is 29.9 Å². The van der Waals surface area contributed by atoms with Crippen molar-refractivity contribution in [2.75, 3.05) is 6.54 Å². The highest BCUT2D eigenvalue weighted by Gasteiger charge is 2.07. The van der Waals surface area contributed by atoms with Gasteiger partial charge >= 0.3 is 0 Å². The molecule has 0 bridgehead atoms. The lowest BCUT2D eigenvalue weighted by Gasteiger charge is -2.12. The minimum absolute atomic E-state index is 0.918. The second-order valence-electron chi connectivity index (χ2n) is 7.27. The van der Waals surface area contributed by atoms with Crippen molar-refractivity contribution in [1.82, 2.24) is 15.1 Å². The molecule has 1 aromatic heterocycles. The van der Waals surface area contributed by atoms with Crippen LogP contribution in [0.4, 0.5) is 0 Å². The average molecular weight is 396 g/mol. The minimum atomic E-state index is 0.918. The minimum Gasteiger partial charge on any atom is -0.385 e. The largest absolute Gasteiger partial charge is 0.385 e. The van der Waals surface area contributed by atoms with E-state index < -0.39 is 0 Å². The fourth-order valence-electron chi connectivity index (χ4n) is 3.19. The van der Waals surface area contributed by atoms with Crippen LogP contribution in [-0.2, 0) is 0 Å². The van der Waals surface area contributed by atoms with Gasteiger partial charge in [-0.3, -0.25) is 0 Å². The fourth-order valence-corrected chi connectivity index (χ4v) is 3.19. The molecule has 2 aromatic carbocycles. The number of allylic oxidation sites excluding steroid dienone is 2. The van der Waals surface area contributed by atoms with Gasteiger partial charge in [-0.15, -0.1) is 0 Å². The average Bonchev–Trinajstić information content (AvgIpc) is 3.29. The molecule has 0 saturated carbocycles. The van der Waals surface area contributed by atoms with Gasteiger partial charge in [0.25, 0.3) is 0 Å². The summed E-state index contributed by atoms with van der Waals surface area (Å²) in [4.78, 5) is 0. The van der Waals surface area contributed by atoms with Gasteiger partial charge in [0.15, 0.2) is 0 Å². The van der Waals surface area contributed by atoms with Gasteiger partial charge in [0.05, 0.1) is 11.3 Å². The molecule has 3 heteroatoms. The molecule has 1 N–H and O–H groups in total. The Kier molecular flexibility index (Phi) is 7.69. The van der Waals surface area contributed by atoms with Crippen LogP contribution in [0, 0.1) is 18.8 Å². The van der Waals surface area contributed by atoms with Crippen LogP contribution in [0.25, 0.3) is 11.4 Å². The molecule has 0 amide bonds. The van der Waals surface area contributed by atoms with Crippen molar-refractivity contribution in [1.29, 1.82) is 0 Å². The summed E-state index contributed by atoms with van der Waals surface area (Å²) in [5, 5.41) is 7.83. The van der Waals surface area contributed by atoms with Gasteiger partial charge in [-0.1, -0.05) is 48.8 Å². The van der Waals surface area contributed by atoms with Gasteiger partial charge in [-0.05, 0) is 74.6 Å². The fraction of sp³-hybridized carbons (Fsp3) is 0.222. The van der Waals surface area contributed by atoms with Crippen LogP contribution < -0.4 is 5.32 Å². The molecule has 0 aliphatic carbocycles. The van der Waals surface area contributed by atoms with E-state index >= 15 is 0 Å². The predicted octanol–water partition coefficient (Wildman–Crippen LogP) is 5.89. The molecular weight excluding hydrogens is 366 g/mol. The normalized spacial score (nSPS) is 10.6. The summed E-state index contributed by atoms with van der Waals surface area (Å²) in [6.45, 7) is 9.29. The summed E-state index contributed by atoms with van der Waals surface area (Å²) in [7, 11) is 0. The molecule has 152 valence electrons. The van der Waals surface area contributed by atoms with Gasteiger partial charge in [-0.2, -0.15) is 5.10 Å². The van der Waals surface area contributed by atoms with Crippen LogP contribution in [0.5, 0.6) is 0 Å². The molecule has 0 aliphatic rings. The zero-order valence-electron chi connectivity index (χ0n) is 17.9. The lowest BCUT2D eigenvalue weighted by atomic mass is 10.1. The van der Waals surface area contributed by atoms with Crippen LogP contribution in [-0.4, -0.2) is 16.3 Å². The van der Waals surface area contributed by atoms with Gasteiger partial charge in [0.1, 0.15) is 0 Å². The number of benzene rings is 2. The molecule has 0 fully saturated rings. The van der Waals surface area contributed by atoms with Gasteiger partial charge in [0.2, 0.25) is 0 Å². The smallest absolute Gasteiger partial charge is 0.0802 e. The van der Waals surface area contributed by atoms with E-state index in [1.165, 1.54) is 12.0 Å². The standard InChI is InChI=1S/C27H29N3/c1-4-5-6-7-8-17-28-23(3)25-15-16-27(30-19-10-18-29-30)26(21-25)14-13-24-12-9-11-22(2)20-24/h4-5,9-12,15-16,18-21,28H,3,6-8,17H2,1-2H3/b5-4-. The van der Waals surface area contributed by atoms with Crippen molar-refractivity contribution < 1.29 is 0 Å². The highest BCUT2D eigenvalue weighted by Crippen LogP contribution is 2.19. The molecule has 3 aromatic rings. The third-order valence-corrected chi connectivity index (χ3v) is 4.83. The number of unbranched alkanes of at least 4 members (excludes halogenated alkanes) is 2. The van der Waals surface area contributed by atoms with E-state index in [-0.39, 0.29) is 0 Å². The first-order chi connectivity index (χ1) is 14.7. The van der Waals surface area contributed by atoms with E-state index in [4.69, 9.17) is 0 Å². The number of aromatic nitrogens is 2. The molecule has 0 unspecified atom stereocenters. The molecule has 30 heavy (non-hydrogen) atoms. The van der Waals surface area contributed by atoms with E-state index in [9.17, 15) is 0 Å². The summed E-state index contributed by atoms with van der Waals surface area (Å²) in [6, 6.07) is 16.4. The zero-order valence-corrected chi connectivity index (χ0v) is 17.9. The molecule has 0 saturated heterocycles. The molecule has 1 heterocycles. The van der Waals surface area contributed by atoms with Gasteiger partial charge in [0, 0.05) is 30.2 Å². The van der Waals surface area contributed by atoms with E-state index in [0.29, 0.717) is 0 Å². The second kappa shape index (κ2) is 10.9. The van der Waals surface area contributed by atoms with Crippen molar-refractivity contribution >= 4 is 5.70 Å². The quantitative estimate of drug-likeness (QED) is 0.293. The molecule has 0 radical (unpaired) electrons. The summed E-state index contributed by atoms with van der Waals surface area (Å²) in [5.74, 6) is 6.64. The third kappa shape index (κ3) is 5.99. The summed E-state index contributed by atoms with van der Waals surface area (Å²) in [5.41, 5.74) is 6.07. The van der Waals surface area contributed by atoms with Crippen LogP contribution in [0.2, 0.25) is 0 Å². The van der Waals surface area contributed by atoms with Crippen molar-refractivity contribution in [2.45, 2.75) is 33.1 Å². The van der Waals surface area contributed by atoms with Crippen molar-refractivity contribution in [3.8, 4) is 17.5 Å². The molecule has 3 nitrogen and oxygen atoms in total. The maximum Gasteiger partial charge on any atom is 0.0802 e. The number of hydrogen-bond donors (Lipinski definition) is 1. The summed E-state index contributed by atoms with van der Waals surface area (Å²) in [6.07, 6.45) is 11.5. The lowest BCUT2D eigenvalue weighted by molar-refractivity contribution is 0.711. The third-order valence-electron chi connectivity index (χ3n) is 4.83. The maximum absolute atomic E-state index is 4.38. The Bertz CT molecular complexity index is 1060. The first-order valence-electron chi connectivity index (χ1n) is 10.4. The Morgan fingerprint density at radius 2 is 2.03 bits per heavy atom. The monoisotopic (exact) mass is 395 g/mol. The summed E-state index contributed by atoms with van der Waals surface area (Å²) >= 11 is 0. The first-order valence-corrected chi connectivity index (χ1v) is 10.4. The lowest BCUT2D eigenvalue weighted by Crippen LogP contribution is -2.13. The Labute approximate surface area is 180 Å². The van der Waals surface area contributed by atoms with Crippen molar-refractivity contribution in [2.24, 2.45) is 0 Å². The van der Waals surface area contributed by atoms with Crippen molar-refractivity contribution in [3.05, 3.63) is 102 Å². The van der Waals surface area contributed by atoms with E-state index in [2.05, 4.69) is 85.2 Å². The number of hydrogen-bond acceptors (Lipinski definition) is 2. The Hall–Kier alpha value is -3.51. The Morgan fingerprint density at radius 3 is 2.80 bits per heavy atom. The first kappa shape index (κ1) is 21.2. The Morgan fingerprint density at radius 1 is 1.13 bits per heavy atom. The second-order valence-corrected chi connectivity index (χ2v) is 7.27. The molecule has 0 spiro atoms.